The summed E-state index contributed by atoms with van der Waals surface area (Å²) in [5, 5.41) is 3.38. The number of imide groups is 1. The highest BCUT2D eigenvalue weighted by Gasteiger charge is 2.52. The molecule has 1 heterocycles. The Morgan fingerprint density at radius 1 is 1.20 bits per heavy atom. The number of hydrazine groups is 1. The van der Waals surface area contributed by atoms with Crippen molar-refractivity contribution in [3.63, 3.8) is 0 Å². The fraction of sp³-hybridized carbons (Fsp3) is 0.524. The van der Waals surface area contributed by atoms with Crippen LogP contribution < -0.4 is 15.5 Å². The third kappa shape index (κ3) is 4.72. The van der Waals surface area contributed by atoms with Crippen molar-refractivity contribution in [1.29, 1.82) is 0 Å². The van der Waals surface area contributed by atoms with Gasteiger partial charge in [-0.1, -0.05) is 19.1 Å². The van der Waals surface area contributed by atoms with Crippen LogP contribution in [0.3, 0.4) is 0 Å². The molecule has 0 radical (unpaired) electrons. The number of hydrogen-bond acceptors (Lipinski definition) is 6. The Balaban J connectivity index is 1.46. The Bertz CT molecular complexity index is 860. The number of urea groups is 1. The zero-order chi connectivity index (χ0) is 21.9. The molecule has 1 spiro atoms. The average molecular weight is 417 g/mol. The highest BCUT2D eigenvalue weighted by Crippen LogP contribution is 2.35. The number of benzene rings is 1. The molecule has 1 aliphatic carbocycles. The molecule has 2 aliphatic rings. The van der Waals surface area contributed by atoms with E-state index in [1.807, 2.05) is 26.0 Å². The van der Waals surface area contributed by atoms with E-state index in [0.29, 0.717) is 29.5 Å². The maximum atomic E-state index is 12.7. The van der Waals surface area contributed by atoms with Crippen LogP contribution in [0.1, 0.15) is 43.7 Å². The van der Waals surface area contributed by atoms with Crippen molar-refractivity contribution in [1.82, 2.24) is 15.8 Å². The summed E-state index contributed by atoms with van der Waals surface area (Å²) in [6.45, 7) is 4.87. The molecular weight excluding hydrogens is 390 g/mol. The van der Waals surface area contributed by atoms with Gasteiger partial charge in [-0.15, -0.1) is 0 Å². The fourth-order valence-electron chi connectivity index (χ4n) is 3.66. The second-order valence-electron chi connectivity index (χ2n) is 8.09. The summed E-state index contributed by atoms with van der Waals surface area (Å²) in [6, 6.07) is 4.93. The van der Waals surface area contributed by atoms with Crippen LogP contribution in [0.25, 0.3) is 0 Å². The molecule has 1 aromatic carbocycles. The number of hydrogen-bond donors (Lipinski definition) is 2. The van der Waals surface area contributed by atoms with Crippen LogP contribution in [0.2, 0.25) is 0 Å². The molecule has 0 bridgehead atoms. The molecule has 0 atom stereocenters. The molecule has 0 unspecified atom stereocenters. The Labute approximate surface area is 175 Å². The average Bonchev–Trinajstić information content (AvgIpc) is 2.93. The second-order valence-corrected chi connectivity index (χ2v) is 8.09. The van der Waals surface area contributed by atoms with E-state index in [1.54, 1.807) is 6.07 Å². The van der Waals surface area contributed by atoms with E-state index in [4.69, 9.17) is 9.47 Å². The first-order chi connectivity index (χ1) is 14.2. The molecule has 9 heteroatoms. The molecule has 3 rings (SSSR count). The lowest BCUT2D eigenvalue weighted by Crippen LogP contribution is -2.52. The number of amides is 4. The van der Waals surface area contributed by atoms with Crippen LogP contribution in [0.4, 0.5) is 4.79 Å². The van der Waals surface area contributed by atoms with Gasteiger partial charge in [-0.2, -0.15) is 5.01 Å². The number of aryl methyl sites for hydroxylation is 2. The van der Waals surface area contributed by atoms with Crippen LogP contribution in [-0.2, 0) is 19.1 Å². The lowest BCUT2D eigenvalue weighted by atomic mass is 9.77. The van der Waals surface area contributed by atoms with Crippen molar-refractivity contribution >= 4 is 23.8 Å². The maximum Gasteiger partial charge on any atom is 0.344 e. The van der Waals surface area contributed by atoms with E-state index in [0.717, 1.165) is 24.0 Å². The van der Waals surface area contributed by atoms with E-state index in [2.05, 4.69) is 17.7 Å². The molecule has 1 saturated carbocycles. The quantitative estimate of drug-likeness (QED) is 0.539. The van der Waals surface area contributed by atoms with Crippen molar-refractivity contribution in [2.45, 2.75) is 52.0 Å². The van der Waals surface area contributed by atoms with Crippen LogP contribution in [0, 0.1) is 19.8 Å². The third-order valence-corrected chi connectivity index (χ3v) is 5.58. The molecule has 2 fully saturated rings. The van der Waals surface area contributed by atoms with Gasteiger partial charge in [0.25, 0.3) is 11.8 Å². The van der Waals surface area contributed by atoms with E-state index in [-0.39, 0.29) is 6.61 Å². The molecule has 9 nitrogen and oxygen atoms in total. The second kappa shape index (κ2) is 8.73. The largest absolute Gasteiger partial charge is 0.482 e. The highest BCUT2D eigenvalue weighted by atomic mass is 16.6. The summed E-state index contributed by atoms with van der Waals surface area (Å²) in [7, 11) is 0. The number of nitrogens with zero attached hydrogens (tertiary/aromatic N) is 1. The minimum atomic E-state index is -0.951. The molecule has 162 valence electrons. The van der Waals surface area contributed by atoms with E-state index < -0.39 is 36.0 Å². The molecule has 2 N–H and O–H groups in total. The number of nitrogens with one attached hydrogen (secondary N) is 2. The van der Waals surface area contributed by atoms with Crippen molar-refractivity contribution in [2.24, 2.45) is 5.92 Å². The fourth-order valence-corrected chi connectivity index (χ4v) is 3.66. The summed E-state index contributed by atoms with van der Waals surface area (Å²) in [4.78, 5) is 48.8. The van der Waals surface area contributed by atoms with Gasteiger partial charge in [0.15, 0.2) is 13.2 Å². The van der Waals surface area contributed by atoms with Gasteiger partial charge in [0.2, 0.25) is 0 Å². The molecule has 1 saturated heterocycles. The first kappa shape index (κ1) is 21.6. The van der Waals surface area contributed by atoms with E-state index in [1.165, 1.54) is 0 Å². The molecule has 0 aromatic heterocycles. The maximum absolute atomic E-state index is 12.7. The van der Waals surface area contributed by atoms with Gasteiger partial charge in [0, 0.05) is 0 Å². The van der Waals surface area contributed by atoms with Gasteiger partial charge in [0.05, 0.1) is 0 Å². The number of carbonyl (C=O) groups is 4. The smallest absolute Gasteiger partial charge is 0.344 e. The summed E-state index contributed by atoms with van der Waals surface area (Å²) in [5.74, 6) is -0.935. The zero-order valence-electron chi connectivity index (χ0n) is 17.4. The molecule has 4 amide bonds. The summed E-state index contributed by atoms with van der Waals surface area (Å²) in [5.41, 5.74) is 3.13. The molecule has 1 aliphatic heterocycles. The van der Waals surface area contributed by atoms with Gasteiger partial charge >= 0.3 is 12.0 Å². The highest BCUT2D eigenvalue weighted by molar-refractivity contribution is 6.08. The minimum absolute atomic E-state index is 0.359. The SMILES string of the molecule is Cc1ccc(C)c(OCC(=O)OCC(=O)NN2C(=O)NC3(CCC(C)CC3)C2=O)c1. The van der Waals surface area contributed by atoms with Crippen LogP contribution in [0.15, 0.2) is 18.2 Å². The minimum Gasteiger partial charge on any atom is -0.482 e. The standard InChI is InChI=1S/C21H27N3O6/c1-13-6-8-21(9-7-13)19(27)24(20(28)22-21)23-17(25)11-30-18(26)12-29-16-10-14(2)4-5-15(16)3/h4-5,10,13H,6-9,11-12H2,1-3H3,(H,22,28)(H,23,25). The van der Waals surface area contributed by atoms with Crippen molar-refractivity contribution < 1.29 is 28.7 Å². The molecule has 30 heavy (non-hydrogen) atoms. The number of esters is 1. The first-order valence-electron chi connectivity index (χ1n) is 10.0. The Kier molecular flexibility index (Phi) is 6.28. The summed E-state index contributed by atoms with van der Waals surface area (Å²) >= 11 is 0. The number of rotatable bonds is 6. The van der Waals surface area contributed by atoms with E-state index in [9.17, 15) is 19.2 Å². The predicted octanol–water partition coefficient (Wildman–Crippen LogP) is 1.76. The normalized spacial score (nSPS) is 23.3. The van der Waals surface area contributed by atoms with Gasteiger partial charge in [0.1, 0.15) is 11.3 Å². The van der Waals surface area contributed by atoms with Crippen LogP contribution in [-0.4, -0.2) is 47.6 Å². The lowest BCUT2D eigenvalue weighted by Gasteiger charge is -2.33. The topological polar surface area (TPSA) is 114 Å². The number of carbonyl (C=O) groups excluding carboxylic acids is 4. The molecule has 1 aromatic rings. The van der Waals surface area contributed by atoms with Crippen LogP contribution in [0.5, 0.6) is 5.75 Å². The van der Waals surface area contributed by atoms with Gasteiger partial charge < -0.3 is 14.8 Å². The van der Waals surface area contributed by atoms with Gasteiger partial charge in [-0.25, -0.2) is 9.59 Å². The molecular formula is C21H27N3O6. The number of ether oxygens (including phenoxy) is 2. The summed E-state index contributed by atoms with van der Waals surface area (Å²) < 4.78 is 10.3. The van der Waals surface area contributed by atoms with Crippen molar-refractivity contribution in [3.8, 4) is 5.75 Å². The van der Waals surface area contributed by atoms with Crippen molar-refractivity contribution in [3.05, 3.63) is 29.3 Å². The summed E-state index contributed by atoms with van der Waals surface area (Å²) in [6.07, 6.45) is 2.73. The Morgan fingerprint density at radius 3 is 2.60 bits per heavy atom. The first-order valence-corrected chi connectivity index (χ1v) is 10.0. The van der Waals surface area contributed by atoms with Crippen molar-refractivity contribution in [2.75, 3.05) is 13.2 Å². The van der Waals surface area contributed by atoms with Crippen LogP contribution >= 0.6 is 0 Å². The third-order valence-electron chi connectivity index (χ3n) is 5.58. The Morgan fingerprint density at radius 2 is 1.90 bits per heavy atom. The van der Waals surface area contributed by atoms with Gasteiger partial charge in [-0.05, 0) is 62.6 Å². The zero-order valence-corrected chi connectivity index (χ0v) is 17.4. The lowest BCUT2D eigenvalue weighted by molar-refractivity contribution is -0.152. The predicted molar refractivity (Wildman–Crippen MR) is 106 cm³/mol. The monoisotopic (exact) mass is 417 g/mol. The van der Waals surface area contributed by atoms with Gasteiger partial charge in [-0.3, -0.25) is 15.0 Å². The Hall–Kier alpha value is -3.10. The van der Waals surface area contributed by atoms with E-state index >= 15 is 0 Å².